The van der Waals surface area contributed by atoms with Crippen LogP contribution in [0, 0.1) is 0 Å². The van der Waals surface area contributed by atoms with E-state index in [2.05, 4.69) is 5.32 Å². The molecule has 2 N–H and O–H groups in total. The van der Waals surface area contributed by atoms with E-state index in [9.17, 15) is 14.7 Å². The molecule has 1 fully saturated rings. The van der Waals surface area contributed by atoms with Crippen LogP contribution in [0.2, 0.25) is 0 Å². The average molecular weight is 359 g/mol. The van der Waals surface area contributed by atoms with Gasteiger partial charge in [-0.05, 0) is 39.8 Å². The zero-order valence-electron chi connectivity index (χ0n) is 15.9. The van der Waals surface area contributed by atoms with Crippen molar-refractivity contribution in [2.45, 2.75) is 58.0 Å². The maximum atomic E-state index is 11.5. The summed E-state index contributed by atoms with van der Waals surface area (Å²) >= 11 is 0. The van der Waals surface area contributed by atoms with Crippen LogP contribution in [0.1, 0.15) is 39.5 Å². The summed E-state index contributed by atoms with van der Waals surface area (Å²) in [6.45, 7) is 4.82. The van der Waals surface area contributed by atoms with Gasteiger partial charge in [-0.1, -0.05) is 0 Å². The summed E-state index contributed by atoms with van der Waals surface area (Å²) in [6.07, 6.45) is 2.33. The van der Waals surface area contributed by atoms with Crippen LogP contribution in [0.3, 0.4) is 0 Å². The van der Waals surface area contributed by atoms with Crippen LogP contribution < -0.4 is 5.32 Å². The van der Waals surface area contributed by atoms with E-state index < -0.39 is 12.5 Å². The van der Waals surface area contributed by atoms with Gasteiger partial charge < -0.3 is 24.8 Å². The molecule has 0 aromatic carbocycles. The van der Waals surface area contributed by atoms with Gasteiger partial charge in [-0.25, -0.2) is 0 Å². The topological polar surface area (TPSA) is 91.3 Å². The van der Waals surface area contributed by atoms with Crippen LogP contribution in [0.25, 0.3) is 0 Å². The molecule has 1 rings (SSSR count). The number of aliphatic hydroxyl groups excluding tert-OH is 1. The van der Waals surface area contributed by atoms with Crippen molar-refractivity contribution in [2.75, 3.05) is 40.5 Å². The van der Waals surface area contributed by atoms with Crippen molar-refractivity contribution in [2.24, 2.45) is 0 Å². The van der Waals surface area contributed by atoms with Crippen LogP contribution >= 0.6 is 0 Å². The Morgan fingerprint density at radius 2 is 1.92 bits per heavy atom. The number of carbonyl (C=O) groups is 2. The van der Waals surface area contributed by atoms with Crippen molar-refractivity contribution in [1.29, 1.82) is 0 Å². The highest BCUT2D eigenvalue weighted by molar-refractivity contribution is 5.74. The zero-order valence-corrected chi connectivity index (χ0v) is 15.9. The first-order chi connectivity index (χ1) is 11.8. The molecule has 0 spiro atoms. The summed E-state index contributed by atoms with van der Waals surface area (Å²) in [6, 6.07) is 0.404. The molecular weight excluding hydrogens is 326 g/mol. The lowest BCUT2D eigenvalue weighted by Gasteiger charge is -2.23. The van der Waals surface area contributed by atoms with Crippen molar-refractivity contribution in [3.8, 4) is 0 Å². The Kier molecular flexibility index (Phi) is 9.96. The fraction of sp³-hybridized carbons (Fsp3) is 0.882. The SMILES string of the molecule is CC(=O)NC(CCCOCCN(C(C)=O)C1CC1)OCC(O)N(C)C. The number of nitrogens with zero attached hydrogens (tertiary/aromatic N) is 2. The lowest BCUT2D eigenvalue weighted by atomic mass is 10.3. The largest absolute Gasteiger partial charge is 0.380 e. The summed E-state index contributed by atoms with van der Waals surface area (Å²) in [5.41, 5.74) is 0. The van der Waals surface area contributed by atoms with Gasteiger partial charge >= 0.3 is 0 Å². The standard InChI is InChI=1S/C17H33N3O5/c1-13(21)18-16(25-12-17(23)19(3)4)6-5-10-24-11-9-20(14(2)22)15-7-8-15/h15-17,23H,5-12H2,1-4H3,(H,18,21). The Hall–Kier alpha value is -1.22. The molecule has 0 saturated heterocycles. The molecule has 0 aromatic heterocycles. The highest BCUT2D eigenvalue weighted by atomic mass is 16.5. The van der Waals surface area contributed by atoms with E-state index in [0.717, 1.165) is 12.8 Å². The number of nitrogens with one attached hydrogen (secondary N) is 1. The number of hydrogen-bond donors (Lipinski definition) is 2. The molecule has 0 aromatic rings. The van der Waals surface area contributed by atoms with Crippen molar-refractivity contribution < 1.29 is 24.2 Å². The molecule has 2 unspecified atom stereocenters. The van der Waals surface area contributed by atoms with Crippen molar-refractivity contribution in [3.05, 3.63) is 0 Å². The Balaban J connectivity index is 2.17. The van der Waals surface area contributed by atoms with E-state index in [-0.39, 0.29) is 18.4 Å². The molecule has 0 aliphatic heterocycles. The van der Waals surface area contributed by atoms with E-state index in [0.29, 0.717) is 38.6 Å². The third-order valence-corrected chi connectivity index (χ3v) is 4.03. The highest BCUT2D eigenvalue weighted by Crippen LogP contribution is 2.26. The lowest BCUT2D eigenvalue weighted by molar-refractivity contribution is -0.130. The molecule has 1 aliphatic rings. The highest BCUT2D eigenvalue weighted by Gasteiger charge is 2.30. The second-order valence-corrected chi connectivity index (χ2v) is 6.66. The number of hydrogen-bond acceptors (Lipinski definition) is 6. The molecule has 2 amide bonds. The van der Waals surface area contributed by atoms with Crippen LogP contribution in [0.5, 0.6) is 0 Å². The van der Waals surface area contributed by atoms with Gasteiger partial charge in [-0.15, -0.1) is 0 Å². The fourth-order valence-corrected chi connectivity index (χ4v) is 2.39. The lowest BCUT2D eigenvalue weighted by Crippen LogP contribution is -2.40. The number of likely N-dealkylation sites (N-methyl/N-ethyl adjacent to an activating group) is 1. The Bertz CT molecular complexity index is 415. The number of aliphatic hydroxyl groups is 1. The summed E-state index contributed by atoms with van der Waals surface area (Å²) in [7, 11) is 3.50. The van der Waals surface area contributed by atoms with E-state index in [1.54, 1.807) is 25.9 Å². The molecule has 146 valence electrons. The monoisotopic (exact) mass is 359 g/mol. The van der Waals surface area contributed by atoms with Gasteiger partial charge in [0, 0.05) is 33.0 Å². The average Bonchev–Trinajstić information content (AvgIpc) is 3.34. The Morgan fingerprint density at radius 1 is 1.24 bits per heavy atom. The van der Waals surface area contributed by atoms with Crippen LogP contribution in [0.15, 0.2) is 0 Å². The normalized spacial score (nSPS) is 16.6. The minimum Gasteiger partial charge on any atom is -0.380 e. The van der Waals surface area contributed by atoms with Gasteiger partial charge in [0.05, 0.1) is 13.2 Å². The number of rotatable bonds is 13. The molecule has 8 heteroatoms. The predicted molar refractivity (Wildman–Crippen MR) is 93.7 cm³/mol. The minimum absolute atomic E-state index is 0.102. The quantitative estimate of drug-likeness (QED) is 0.359. The first-order valence-corrected chi connectivity index (χ1v) is 8.89. The van der Waals surface area contributed by atoms with Crippen LogP contribution in [-0.2, 0) is 19.1 Å². The third-order valence-electron chi connectivity index (χ3n) is 4.03. The Labute approximate surface area is 150 Å². The molecule has 0 radical (unpaired) electrons. The molecule has 0 bridgehead atoms. The molecule has 8 nitrogen and oxygen atoms in total. The Morgan fingerprint density at radius 3 is 2.44 bits per heavy atom. The summed E-state index contributed by atoms with van der Waals surface area (Å²) in [5, 5.41) is 12.5. The number of amides is 2. The first-order valence-electron chi connectivity index (χ1n) is 8.89. The molecular formula is C17H33N3O5. The maximum Gasteiger partial charge on any atom is 0.219 e. The summed E-state index contributed by atoms with van der Waals surface area (Å²) in [4.78, 5) is 26.2. The predicted octanol–water partition coefficient (Wildman–Crippen LogP) is 0.153. The fourth-order valence-electron chi connectivity index (χ4n) is 2.39. The third kappa shape index (κ3) is 9.74. The zero-order chi connectivity index (χ0) is 18.8. The summed E-state index contributed by atoms with van der Waals surface area (Å²) < 4.78 is 11.2. The number of ether oxygens (including phenoxy) is 2. The first kappa shape index (κ1) is 21.8. The van der Waals surface area contributed by atoms with Gasteiger partial charge in [0.1, 0.15) is 12.5 Å². The van der Waals surface area contributed by atoms with E-state index in [1.165, 1.54) is 6.92 Å². The second-order valence-electron chi connectivity index (χ2n) is 6.66. The maximum absolute atomic E-state index is 11.5. The van der Waals surface area contributed by atoms with Crippen molar-refractivity contribution in [1.82, 2.24) is 15.1 Å². The van der Waals surface area contributed by atoms with E-state index >= 15 is 0 Å². The molecule has 1 aliphatic carbocycles. The molecule has 25 heavy (non-hydrogen) atoms. The van der Waals surface area contributed by atoms with Crippen LogP contribution in [0.4, 0.5) is 0 Å². The summed E-state index contributed by atoms with van der Waals surface area (Å²) in [5.74, 6) is -0.0727. The van der Waals surface area contributed by atoms with Gasteiger partial charge in [-0.3, -0.25) is 14.5 Å². The molecule has 1 saturated carbocycles. The van der Waals surface area contributed by atoms with Crippen molar-refractivity contribution in [3.63, 3.8) is 0 Å². The van der Waals surface area contributed by atoms with Crippen molar-refractivity contribution >= 4 is 11.8 Å². The van der Waals surface area contributed by atoms with E-state index in [1.807, 2.05) is 4.90 Å². The second kappa shape index (κ2) is 11.4. The van der Waals surface area contributed by atoms with Gasteiger partial charge in [-0.2, -0.15) is 0 Å². The van der Waals surface area contributed by atoms with Crippen LogP contribution in [-0.4, -0.2) is 85.7 Å². The molecule has 0 heterocycles. The van der Waals surface area contributed by atoms with Gasteiger partial charge in [0.15, 0.2) is 0 Å². The van der Waals surface area contributed by atoms with E-state index in [4.69, 9.17) is 9.47 Å². The smallest absolute Gasteiger partial charge is 0.219 e. The number of carbonyl (C=O) groups excluding carboxylic acids is 2. The minimum atomic E-state index is -0.715. The van der Waals surface area contributed by atoms with Gasteiger partial charge in [0.25, 0.3) is 0 Å². The molecule has 2 atom stereocenters. The van der Waals surface area contributed by atoms with Gasteiger partial charge in [0.2, 0.25) is 11.8 Å².